The zero-order valence-corrected chi connectivity index (χ0v) is 13.5. The normalized spacial score (nSPS) is 21.0. The predicted octanol–water partition coefficient (Wildman–Crippen LogP) is 2.87. The largest absolute Gasteiger partial charge is 0.316 e. The average molecular weight is 281 g/mol. The first kappa shape index (κ1) is 14.9. The summed E-state index contributed by atoms with van der Waals surface area (Å²) in [6, 6.07) is 0. The highest BCUT2D eigenvalue weighted by Crippen LogP contribution is 2.24. The quantitative estimate of drug-likeness (QED) is 0.920. The summed E-state index contributed by atoms with van der Waals surface area (Å²) >= 11 is 1.80. The lowest BCUT2D eigenvalue weighted by atomic mass is 9.93. The van der Waals surface area contributed by atoms with E-state index in [2.05, 4.69) is 43.4 Å². The Hall–Kier alpha value is -0.450. The molecule has 1 N–H and O–H groups in total. The highest BCUT2D eigenvalue weighted by molar-refractivity contribution is 7.09. The summed E-state index contributed by atoms with van der Waals surface area (Å²) in [6.45, 7) is 11.2. The highest BCUT2D eigenvalue weighted by Gasteiger charge is 2.19. The Bertz CT molecular complexity index is 388. The predicted molar refractivity (Wildman–Crippen MR) is 82.7 cm³/mol. The van der Waals surface area contributed by atoms with Crippen molar-refractivity contribution in [2.45, 2.75) is 45.6 Å². The molecule has 0 spiro atoms. The van der Waals surface area contributed by atoms with Crippen LogP contribution in [0.1, 0.15) is 44.3 Å². The molecule has 19 heavy (non-hydrogen) atoms. The maximum absolute atomic E-state index is 4.78. The molecule has 0 amide bonds. The van der Waals surface area contributed by atoms with Gasteiger partial charge in [-0.2, -0.15) is 0 Å². The van der Waals surface area contributed by atoms with Gasteiger partial charge in [0.15, 0.2) is 0 Å². The topological polar surface area (TPSA) is 28.2 Å². The van der Waals surface area contributed by atoms with E-state index in [4.69, 9.17) is 4.98 Å². The Labute approximate surface area is 121 Å². The molecule has 0 aliphatic carbocycles. The molecule has 1 aliphatic rings. The summed E-state index contributed by atoms with van der Waals surface area (Å²) in [6.07, 6.45) is 2.69. The second kappa shape index (κ2) is 6.33. The number of aromatic nitrogens is 1. The number of thiazole rings is 1. The molecule has 2 rings (SSSR count). The van der Waals surface area contributed by atoms with Gasteiger partial charge in [0.25, 0.3) is 0 Å². The molecule has 1 aromatic heterocycles. The summed E-state index contributed by atoms with van der Waals surface area (Å²) in [5.41, 5.74) is 1.39. The third kappa shape index (κ3) is 4.55. The summed E-state index contributed by atoms with van der Waals surface area (Å²) in [4.78, 5) is 7.20. The molecule has 0 bridgehead atoms. The van der Waals surface area contributed by atoms with Crippen molar-refractivity contribution in [2.75, 3.05) is 26.7 Å². The van der Waals surface area contributed by atoms with Crippen molar-refractivity contribution in [3.8, 4) is 0 Å². The summed E-state index contributed by atoms with van der Waals surface area (Å²) in [7, 11) is 2.22. The van der Waals surface area contributed by atoms with E-state index in [-0.39, 0.29) is 5.41 Å². The van der Waals surface area contributed by atoms with Crippen molar-refractivity contribution in [1.29, 1.82) is 0 Å². The van der Waals surface area contributed by atoms with Gasteiger partial charge < -0.3 is 5.32 Å². The molecule has 4 heteroatoms. The van der Waals surface area contributed by atoms with Crippen molar-refractivity contribution in [2.24, 2.45) is 5.92 Å². The van der Waals surface area contributed by atoms with Crippen molar-refractivity contribution >= 4 is 11.3 Å². The molecule has 1 aliphatic heterocycles. The second-order valence-corrected chi connectivity index (χ2v) is 7.73. The van der Waals surface area contributed by atoms with E-state index in [1.54, 1.807) is 11.3 Å². The fourth-order valence-electron chi connectivity index (χ4n) is 2.54. The van der Waals surface area contributed by atoms with Crippen molar-refractivity contribution in [3.63, 3.8) is 0 Å². The Morgan fingerprint density at radius 3 is 2.84 bits per heavy atom. The first-order valence-corrected chi connectivity index (χ1v) is 8.17. The molecule has 3 nitrogen and oxygen atoms in total. The lowest BCUT2D eigenvalue weighted by molar-refractivity contribution is 0.237. The van der Waals surface area contributed by atoms with Crippen LogP contribution in [0.25, 0.3) is 0 Å². The standard InChI is InChI=1S/C15H27N3S/c1-15(2,3)13-11-19-14(17-13)10-18(4)9-12-6-5-7-16-8-12/h11-12,16H,5-10H2,1-4H3. The van der Waals surface area contributed by atoms with E-state index in [0.717, 1.165) is 12.5 Å². The second-order valence-electron chi connectivity index (χ2n) is 6.79. The van der Waals surface area contributed by atoms with E-state index in [1.165, 1.54) is 43.2 Å². The molecule has 1 fully saturated rings. The summed E-state index contributed by atoms with van der Waals surface area (Å²) < 4.78 is 0. The van der Waals surface area contributed by atoms with Gasteiger partial charge in [0, 0.05) is 17.3 Å². The van der Waals surface area contributed by atoms with E-state index < -0.39 is 0 Å². The number of piperidine rings is 1. The van der Waals surface area contributed by atoms with Crippen LogP contribution >= 0.6 is 11.3 Å². The SMILES string of the molecule is CN(Cc1nc(C(C)(C)C)cs1)CC1CCCNC1. The lowest BCUT2D eigenvalue weighted by Crippen LogP contribution is -2.36. The fraction of sp³-hybridized carbons (Fsp3) is 0.800. The molecule has 0 radical (unpaired) electrons. The van der Waals surface area contributed by atoms with Gasteiger partial charge in [-0.05, 0) is 38.9 Å². The molecule has 0 aromatic carbocycles. The highest BCUT2D eigenvalue weighted by atomic mass is 32.1. The maximum atomic E-state index is 4.78. The van der Waals surface area contributed by atoms with Gasteiger partial charge in [-0.3, -0.25) is 4.90 Å². The molecule has 1 aromatic rings. The van der Waals surface area contributed by atoms with Crippen molar-refractivity contribution < 1.29 is 0 Å². The van der Waals surface area contributed by atoms with Crippen LogP contribution in [0.3, 0.4) is 0 Å². The zero-order valence-electron chi connectivity index (χ0n) is 12.7. The van der Waals surface area contributed by atoms with Crippen LogP contribution in [0.2, 0.25) is 0 Å². The molecule has 1 saturated heterocycles. The van der Waals surface area contributed by atoms with Gasteiger partial charge in [0.1, 0.15) is 5.01 Å². The zero-order chi connectivity index (χ0) is 13.9. The van der Waals surface area contributed by atoms with Gasteiger partial charge in [-0.1, -0.05) is 20.8 Å². The maximum Gasteiger partial charge on any atom is 0.107 e. The lowest BCUT2D eigenvalue weighted by Gasteiger charge is -2.27. The number of nitrogens with zero attached hydrogens (tertiary/aromatic N) is 2. The third-order valence-electron chi connectivity index (χ3n) is 3.69. The number of nitrogens with one attached hydrogen (secondary N) is 1. The number of hydrogen-bond acceptors (Lipinski definition) is 4. The number of hydrogen-bond donors (Lipinski definition) is 1. The van der Waals surface area contributed by atoms with Crippen LogP contribution in [0.15, 0.2) is 5.38 Å². The minimum atomic E-state index is 0.167. The fourth-order valence-corrected chi connectivity index (χ4v) is 3.64. The molecule has 0 saturated carbocycles. The Morgan fingerprint density at radius 1 is 1.47 bits per heavy atom. The van der Waals surface area contributed by atoms with Gasteiger partial charge in [-0.15, -0.1) is 11.3 Å². The van der Waals surface area contributed by atoms with Crippen LogP contribution in [-0.2, 0) is 12.0 Å². The van der Waals surface area contributed by atoms with E-state index in [9.17, 15) is 0 Å². The molecule has 108 valence electrons. The summed E-state index contributed by atoms with van der Waals surface area (Å²) in [5.74, 6) is 0.806. The first-order chi connectivity index (χ1) is 8.95. The Morgan fingerprint density at radius 2 is 2.26 bits per heavy atom. The smallest absolute Gasteiger partial charge is 0.107 e. The van der Waals surface area contributed by atoms with Crippen LogP contribution in [0.4, 0.5) is 0 Å². The minimum absolute atomic E-state index is 0.167. The molecular weight excluding hydrogens is 254 g/mol. The van der Waals surface area contributed by atoms with Crippen LogP contribution in [-0.4, -0.2) is 36.6 Å². The first-order valence-electron chi connectivity index (χ1n) is 7.29. The molecule has 1 atom stereocenters. The van der Waals surface area contributed by atoms with Gasteiger partial charge in [0.2, 0.25) is 0 Å². The molecular formula is C15H27N3S. The molecule has 1 unspecified atom stereocenters. The van der Waals surface area contributed by atoms with Gasteiger partial charge in [0.05, 0.1) is 12.2 Å². The van der Waals surface area contributed by atoms with E-state index >= 15 is 0 Å². The van der Waals surface area contributed by atoms with Crippen LogP contribution in [0, 0.1) is 5.92 Å². The van der Waals surface area contributed by atoms with E-state index in [0.29, 0.717) is 0 Å². The average Bonchev–Trinajstić information content (AvgIpc) is 2.78. The molecule has 2 heterocycles. The Kier molecular flexibility index (Phi) is 4.98. The van der Waals surface area contributed by atoms with Crippen molar-refractivity contribution in [1.82, 2.24) is 15.2 Å². The van der Waals surface area contributed by atoms with Crippen LogP contribution in [0.5, 0.6) is 0 Å². The van der Waals surface area contributed by atoms with Crippen LogP contribution < -0.4 is 5.32 Å². The van der Waals surface area contributed by atoms with Gasteiger partial charge in [-0.25, -0.2) is 4.98 Å². The number of rotatable bonds is 4. The van der Waals surface area contributed by atoms with E-state index in [1.807, 2.05) is 0 Å². The van der Waals surface area contributed by atoms with Gasteiger partial charge >= 0.3 is 0 Å². The minimum Gasteiger partial charge on any atom is -0.316 e. The summed E-state index contributed by atoms with van der Waals surface area (Å²) in [5, 5.41) is 6.95. The Balaban J connectivity index is 1.84. The van der Waals surface area contributed by atoms with Crippen molar-refractivity contribution in [3.05, 3.63) is 16.1 Å². The third-order valence-corrected chi connectivity index (χ3v) is 4.53. The monoisotopic (exact) mass is 281 g/mol.